The topological polar surface area (TPSA) is 78.5 Å². The van der Waals surface area contributed by atoms with Crippen molar-refractivity contribution in [3.8, 4) is 0 Å². The van der Waals surface area contributed by atoms with E-state index < -0.39 is 17.6 Å². The van der Waals surface area contributed by atoms with E-state index in [2.05, 4.69) is 10.6 Å². The highest BCUT2D eigenvalue weighted by molar-refractivity contribution is 6.35. The smallest absolute Gasteiger partial charge is 0.309 e. The summed E-state index contributed by atoms with van der Waals surface area (Å²) in [7, 11) is 0. The van der Waals surface area contributed by atoms with Gasteiger partial charge in [-0.15, -0.1) is 0 Å². The molecule has 1 fully saturated rings. The Morgan fingerprint density at radius 3 is 2.27 bits per heavy atom. The van der Waals surface area contributed by atoms with Gasteiger partial charge in [-0.05, 0) is 48.6 Å². The molecule has 6 nitrogen and oxygen atoms in total. The first-order valence-corrected chi connectivity index (χ1v) is 10.2. The molecule has 0 saturated carbocycles. The van der Waals surface area contributed by atoms with Crippen molar-refractivity contribution < 1.29 is 18.8 Å². The van der Waals surface area contributed by atoms with Gasteiger partial charge in [0, 0.05) is 31.2 Å². The highest BCUT2D eigenvalue weighted by atomic mass is 35.5. The van der Waals surface area contributed by atoms with E-state index in [1.807, 2.05) is 0 Å². The van der Waals surface area contributed by atoms with E-state index in [1.165, 1.54) is 12.1 Å². The van der Waals surface area contributed by atoms with Crippen LogP contribution in [0.15, 0.2) is 48.5 Å². The van der Waals surface area contributed by atoms with Gasteiger partial charge >= 0.3 is 11.8 Å². The first-order chi connectivity index (χ1) is 14.4. The van der Waals surface area contributed by atoms with Crippen LogP contribution in [0, 0.1) is 11.7 Å². The molecule has 1 aliphatic rings. The van der Waals surface area contributed by atoms with Gasteiger partial charge in [-0.2, -0.15) is 0 Å². The summed E-state index contributed by atoms with van der Waals surface area (Å²) in [6, 6.07) is 12.9. The van der Waals surface area contributed by atoms with Crippen molar-refractivity contribution in [3.05, 3.63) is 70.5 Å². The number of hydrogen-bond acceptors (Lipinski definition) is 3. The van der Waals surface area contributed by atoms with Crippen LogP contribution in [0.2, 0.25) is 5.02 Å². The van der Waals surface area contributed by atoms with Crippen LogP contribution in [0.4, 0.5) is 4.39 Å². The van der Waals surface area contributed by atoms with Crippen LogP contribution in [-0.4, -0.2) is 42.3 Å². The molecule has 0 radical (unpaired) electrons. The predicted molar refractivity (Wildman–Crippen MR) is 111 cm³/mol. The third kappa shape index (κ3) is 5.79. The minimum Gasteiger partial charge on any atom is -0.348 e. The van der Waals surface area contributed by atoms with Crippen LogP contribution < -0.4 is 10.6 Å². The van der Waals surface area contributed by atoms with Crippen molar-refractivity contribution in [2.45, 2.75) is 19.4 Å². The van der Waals surface area contributed by atoms with Gasteiger partial charge in [0.05, 0.1) is 5.56 Å². The summed E-state index contributed by atoms with van der Waals surface area (Å²) in [5.74, 6) is -2.08. The molecule has 2 aromatic rings. The monoisotopic (exact) mass is 431 g/mol. The van der Waals surface area contributed by atoms with Crippen molar-refractivity contribution in [3.63, 3.8) is 0 Å². The molecule has 3 amide bonds. The largest absolute Gasteiger partial charge is 0.348 e. The van der Waals surface area contributed by atoms with Crippen LogP contribution in [0.25, 0.3) is 0 Å². The Hall–Kier alpha value is -2.93. The number of amides is 3. The highest BCUT2D eigenvalue weighted by Crippen LogP contribution is 2.19. The Balaban J connectivity index is 1.39. The van der Waals surface area contributed by atoms with Crippen LogP contribution in [0.3, 0.4) is 0 Å². The third-order valence-corrected chi connectivity index (χ3v) is 5.38. The van der Waals surface area contributed by atoms with E-state index in [-0.39, 0.29) is 23.9 Å². The molecule has 1 heterocycles. The number of rotatable bonds is 5. The summed E-state index contributed by atoms with van der Waals surface area (Å²) in [6.45, 7) is 1.56. The second kappa shape index (κ2) is 10.2. The highest BCUT2D eigenvalue weighted by Gasteiger charge is 2.25. The molecule has 0 atom stereocenters. The zero-order valence-electron chi connectivity index (χ0n) is 16.4. The molecule has 0 unspecified atom stereocenters. The lowest BCUT2D eigenvalue weighted by Crippen LogP contribution is -2.44. The summed E-state index contributed by atoms with van der Waals surface area (Å²) in [6.07, 6.45) is 1.35. The summed E-state index contributed by atoms with van der Waals surface area (Å²) < 4.78 is 13.8. The number of carbonyl (C=O) groups is 3. The van der Waals surface area contributed by atoms with E-state index in [4.69, 9.17) is 11.6 Å². The maximum absolute atomic E-state index is 13.8. The maximum atomic E-state index is 13.8. The lowest BCUT2D eigenvalue weighted by molar-refractivity contribution is -0.139. The maximum Gasteiger partial charge on any atom is 0.309 e. The van der Waals surface area contributed by atoms with E-state index in [1.54, 1.807) is 41.3 Å². The molecule has 1 saturated heterocycles. The lowest BCUT2D eigenvalue weighted by Gasteiger charge is -2.32. The summed E-state index contributed by atoms with van der Waals surface area (Å²) in [4.78, 5) is 38.0. The molecular weight excluding hydrogens is 409 g/mol. The molecule has 3 rings (SSSR count). The average molecular weight is 432 g/mol. The number of nitrogens with one attached hydrogen (secondary N) is 2. The Labute approximate surface area is 179 Å². The lowest BCUT2D eigenvalue weighted by atomic mass is 9.96. The fourth-order valence-electron chi connectivity index (χ4n) is 3.33. The zero-order chi connectivity index (χ0) is 21.5. The van der Waals surface area contributed by atoms with Crippen molar-refractivity contribution in [1.82, 2.24) is 15.5 Å². The van der Waals surface area contributed by atoms with Crippen LogP contribution in [0.1, 0.15) is 28.8 Å². The van der Waals surface area contributed by atoms with Crippen molar-refractivity contribution in [2.75, 3.05) is 19.6 Å². The molecule has 1 aliphatic heterocycles. The first-order valence-electron chi connectivity index (χ1n) is 9.78. The number of carbonyl (C=O) groups excluding carboxylic acids is 3. The predicted octanol–water partition coefficient (Wildman–Crippen LogP) is 2.76. The molecular formula is C22H23ClFN3O3. The van der Waals surface area contributed by atoms with Gasteiger partial charge in [0.15, 0.2) is 0 Å². The molecule has 0 aromatic heterocycles. The van der Waals surface area contributed by atoms with Crippen molar-refractivity contribution >= 4 is 29.3 Å². The van der Waals surface area contributed by atoms with Crippen molar-refractivity contribution in [1.29, 1.82) is 0 Å². The Morgan fingerprint density at radius 2 is 1.60 bits per heavy atom. The van der Waals surface area contributed by atoms with Gasteiger partial charge in [-0.25, -0.2) is 4.39 Å². The first kappa shape index (κ1) is 21.8. The molecule has 2 aromatic carbocycles. The average Bonchev–Trinajstić information content (AvgIpc) is 2.77. The van der Waals surface area contributed by atoms with Gasteiger partial charge < -0.3 is 15.5 Å². The Bertz CT molecular complexity index is 912. The van der Waals surface area contributed by atoms with E-state index in [0.29, 0.717) is 37.5 Å². The third-order valence-electron chi connectivity index (χ3n) is 5.13. The number of likely N-dealkylation sites (tertiary alicyclic amines) is 1. The summed E-state index contributed by atoms with van der Waals surface area (Å²) >= 11 is 5.81. The van der Waals surface area contributed by atoms with E-state index >= 15 is 0 Å². The van der Waals surface area contributed by atoms with Crippen LogP contribution in [0.5, 0.6) is 0 Å². The fourth-order valence-corrected chi connectivity index (χ4v) is 3.45. The second-order valence-corrected chi connectivity index (χ2v) is 7.67. The van der Waals surface area contributed by atoms with Gasteiger partial charge in [0.2, 0.25) is 0 Å². The second-order valence-electron chi connectivity index (χ2n) is 7.23. The number of piperidine rings is 1. The van der Waals surface area contributed by atoms with Crippen LogP contribution in [-0.2, 0) is 16.1 Å². The quantitative estimate of drug-likeness (QED) is 0.714. The molecule has 30 heavy (non-hydrogen) atoms. The minimum absolute atomic E-state index is 0.0709. The molecule has 8 heteroatoms. The standard InChI is InChI=1S/C22H23ClFN3O3/c23-17-7-5-15(6-8-17)13-25-20(28)21(29)26-14-16-9-11-27(12-10-16)22(30)18-3-1-2-4-19(18)24/h1-8,16H,9-14H2,(H,25,28)(H,26,29). The fraction of sp³-hybridized carbons (Fsp3) is 0.318. The molecule has 158 valence electrons. The summed E-state index contributed by atoms with van der Waals surface area (Å²) in [5, 5.41) is 5.82. The molecule has 0 spiro atoms. The number of nitrogens with zero attached hydrogens (tertiary/aromatic N) is 1. The zero-order valence-corrected chi connectivity index (χ0v) is 17.1. The van der Waals surface area contributed by atoms with E-state index in [9.17, 15) is 18.8 Å². The normalized spacial score (nSPS) is 14.3. The van der Waals surface area contributed by atoms with Gasteiger partial charge in [0.1, 0.15) is 5.82 Å². The summed E-state index contributed by atoms with van der Waals surface area (Å²) in [5.41, 5.74) is 0.911. The molecule has 0 bridgehead atoms. The van der Waals surface area contributed by atoms with E-state index in [0.717, 1.165) is 5.56 Å². The van der Waals surface area contributed by atoms with Crippen molar-refractivity contribution in [2.24, 2.45) is 5.92 Å². The van der Waals surface area contributed by atoms with Crippen LogP contribution >= 0.6 is 11.6 Å². The van der Waals surface area contributed by atoms with Gasteiger partial charge in [-0.3, -0.25) is 14.4 Å². The minimum atomic E-state index is -0.697. The molecule has 2 N–H and O–H groups in total. The Morgan fingerprint density at radius 1 is 0.967 bits per heavy atom. The number of halogens is 2. The number of benzene rings is 2. The molecule has 0 aliphatic carbocycles. The van der Waals surface area contributed by atoms with Gasteiger partial charge in [-0.1, -0.05) is 35.9 Å². The number of hydrogen-bond donors (Lipinski definition) is 2. The SMILES string of the molecule is O=C(NCc1ccc(Cl)cc1)C(=O)NCC1CCN(C(=O)c2ccccc2F)CC1. The van der Waals surface area contributed by atoms with Gasteiger partial charge in [0.25, 0.3) is 5.91 Å². The Kier molecular flexibility index (Phi) is 7.41.